The van der Waals surface area contributed by atoms with E-state index in [-0.39, 0.29) is 30.4 Å². The van der Waals surface area contributed by atoms with Crippen LogP contribution < -0.4 is 10.1 Å². The van der Waals surface area contributed by atoms with E-state index in [9.17, 15) is 18.0 Å². The largest absolute Gasteiger partial charge is 0.497 e. The molecule has 1 aliphatic heterocycles. The van der Waals surface area contributed by atoms with Gasteiger partial charge in [0.25, 0.3) is 5.91 Å². The molecule has 0 aliphatic carbocycles. The zero-order valence-electron chi connectivity index (χ0n) is 18.7. The number of piperidine rings is 1. The van der Waals surface area contributed by atoms with Crippen LogP contribution in [0.1, 0.15) is 35.7 Å². The van der Waals surface area contributed by atoms with Crippen LogP contribution in [0.3, 0.4) is 0 Å². The number of nitrogens with zero attached hydrogens (tertiary/aromatic N) is 6. The second-order valence-electron chi connectivity index (χ2n) is 8.06. The summed E-state index contributed by atoms with van der Waals surface area (Å²) in [6, 6.07) is 4.89. The first-order valence-electron chi connectivity index (χ1n) is 10.8. The van der Waals surface area contributed by atoms with Crippen molar-refractivity contribution < 1.29 is 22.7 Å². The van der Waals surface area contributed by atoms with Gasteiger partial charge < -0.3 is 15.0 Å². The summed E-state index contributed by atoms with van der Waals surface area (Å²) in [5.74, 6) is 0.535. The van der Waals surface area contributed by atoms with Gasteiger partial charge >= 0.3 is 6.18 Å². The zero-order valence-corrected chi connectivity index (χ0v) is 18.7. The number of hydrogen-bond acceptors (Lipinski definition) is 7. The van der Waals surface area contributed by atoms with Crippen molar-refractivity contribution in [1.29, 1.82) is 0 Å². The minimum atomic E-state index is -4.50. The molecule has 1 amide bonds. The fourth-order valence-corrected chi connectivity index (χ4v) is 4.06. The molecule has 4 rings (SSSR count). The molecule has 2 unspecified atom stereocenters. The number of likely N-dealkylation sites (tertiary alicyclic amines) is 1. The number of nitrogens with one attached hydrogen (secondary N) is 1. The van der Waals surface area contributed by atoms with E-state index in [1.54, 1.807) is 23.1 Å². The first-order chi connectivity index (χ1) is 16.3. The smallest absolute Gasteiger partial charge is 0.419 e. The number of rotatable bonds is 6. The number of alkyl halides is 3. The lowest BCUT2D eigenvalue weighted by molar-refractivity contribution is -0.138. The fourth-order valence-electron chi connectivity index (χ4n) is 4.06. The first kappa shape index (κ1) is 23.5. The number of halogens is 3. The van der Waals surface area contributed by atoms with Crippen molar-refractivity contribution in [2.45, 2.75) is 32.0 Å². The number of aromatic nitrogens is 5. The van der Waals surface area contributed by atoms with Gasteiger partial charge in [0.1, 0.15) is 5.75 Å². The summed E-state index contributed by atoms with van der Waals surface area (Å²) >= 11 is 0. The Kier molecular flexibility index (Phi) is 6.66. The molecule has 0 spiro atoms. The summed E-state index contributed by atoms with van der Waals surface area (Å²) in [7, 11) is 1.52. The predicted molar refractivity (Wildman–Crippen MR) is 117 cm³/mol. The predicted octanol–water partition coefficient (Wildman–Crippen LogP) is 3.44. The lowest BCUT2D eigenvalue weighted by Gasteiger charge is -2.40. The van der Waals surface area contributed by atoms with Crippen molar-refractivity contribution in [2.75, 3.05) is 25.5 Å². The molecular formula is C22H24F3N7O2. The number of carbonyl (C=O) groups is 1. The zero-order chi connectivity index (χ0) is 24.3. The second-order valence-corrected chi connectivity index (χ2v) is 8.06. The maximum atomic E-state index is 13.7. The van der Waals surface area contributed by atoms with Crippen LogP contribution in [0.5, 0.6) is 5.75 Å². The van der Waals surface area contributed by atoms with Crippen LogP contribution in [-0.4, -0.2) is 62.0 Å². The fraction of sp³-hybridized carbons (Fsp3) is 0.409. The molecule has 3 aromatic rings. The highest BCUT2D eigenvalue weighted by atomic mass is 19.4. The third kappa shape index (κ3) is 4.95. The summed E-state index contributed by atoms with van der Waals surface area (Å²) in [4.78, 5) is 24.4. The SMILES string of the molecule is COc1ccc(-n2nccn2)c(C(=O)N2CCCC(C)C2CNc2ncc(C(F)(F)F)cn2)c1. The van der Waals surface area contributed by atoms with E-state index < -0.39 is 11.7 Å². The van der Waals surface area contributed by atoms with Crippen LogP contribution >= 0.6 is 0 Å². The Morgan fingerprint density at radius 1 is 1.21 bits per heavy atom. The van der Waals surface area contributed by atoms with Gasteiger partial charge in [0.05, 0.1) is 42.4 Å². The lowest BCUT2D eigenvalue weighted by Crippen LogP contribution is -2.51. The van der Waals surface area contributed by atoms with Crippen LogP contribution in [0.4, 0.5) is 19.1 Å². The van der Waals surface area contributed by atoms with Gasteiger partial charge in [-0.2, -0.15) is 28.2 Å². The van der Waals surface area contributed by atoms with Crippen molar-refractivity contribution in [3.05, 3.63) is 54.1 Å². The maximum absolute atomic E-state index is 13.7. The van der Waals surface area contributed by atoms with Gasteiger partial charge in [-0.15, -0.1) is 0 Å². The highest BCUT2D eigenvalue weighted by Gasteiger charge is 2.34. The number of carbonyl (C=O) groups excluding carboxylic acids is 1. The van der Waals surface area contributed by atoms with Crippen molar-refractivity contribution >= 4 is 11.9 Å². The highest BCUT2D eigenvalue weighted by molar-refractivity contribution is 5.98. The molecule has 0 bridgehead atoms. The minimum absolute atomic E-state index is 0.0704. The summed E-state index contributed by atoms with van der Waals surface area (Å²) in [6.07, 6.45) is 1.77. The Hall–Kier alpha value is -3.70. The molecule has 9 nitrogen and oxygen atoms in total. The van der Waals surface area contributed by atoms with Crippen LogP contribution in [0.25, 0.3) is 5.69 Å². The normalized spacial score (nSPS) is 18.6. The molecule has 1 saturated heterocycles. The number of methoxy groups -OCH3 is 1. The summed E-state index contributed by atoms with van der Waals surface area (Å²) in [6.45, 7) is 2.87. The van der Waals surface area contributed by atoms with E-state index >= 15 is 0 Å². The standard InChI is InChI=1S/C22H24F3N7O2/c1-14-4-3-9-31(19(14)13-28-21-26-11-15(12-27-21)22(23,24)25)20(33)17-10-16(34-2)5-6-18(17)32-29-7-8-30-32/h5-8,10-12,14,19H,3-4,9,13H2,1-2H3,(H,26,27,28). The minimum Gasteiger partial charge on any atom is -0.497 e. The van der Waals surface area contributed by atoms with E-state index in [0.717, 1.165) is 25.2 Å². The molecule has 1 N–H and O–H groups in total. The molecule has 3 heterocycles. The molecule has 1 aromatic carbocycles. The van der Waals surface area contributed by atoms with Crippen LogP contribution in [0, 0.1) is 5.92 Å². The average molecular weight is 475 g/mol. The highest BCUT2D eigenvalue weighted by Crippen LogP contribution is 2.30. The van der Waals surface area contributed by atoms with Crippen molar-refractivity contribution in [3.63, 3.8) is 0 Å². The van der Waals surface area contributed by atoms with Crippen molar-refractivity contribution in [3.8, 4) is 11.4 Å². The molecule has 2 aromatic heterocycles. The number of benzene rings is 1. The quantitative estimate of drug-likeness (QED) is 0.583. The number of anilines is 1. The van der Waals surface area contributed by atoms with Crippen LogP contribution in [0.2, 0.25) is 0 Å². The van der Waals surface area contributed by atoms with E-state index in [1.165, 1.54) is 24.3 Å². The van der Waals surface area contributed by atoms with Gasteiger partial charge in [-0.1, -0.05) is 6.92 Å². The van der Waals surface area contributed by atoms with E-state index in [2.05, 4.69) is 25.5 Å². The first-order valence-corrected chi connectivity index (χ1v) is 10.8. The Morgan fingerprint density at radius 2 is 1.91 bits per heavy atom. The molecule has 1 aliphatic rings. The lowest BCUT2D eigenvalue weighted by atomic mass is 9.90. The summed E-state index contributed by atoms with van der Waals surface area (Å²) in [5.41, 5.74) is -0.00841. The van der Waals surface area contributed by atoms with E-state index in [4.69, 9.17) is 4.74 Å². The topological polar surface area (TPSA) is 98.1 Å². The monoisotopic (exact) mass is 475 g/mol. The van der Waals surface area contributed by atoms with Gasteiger partial charge in [-0.3, -0.25) is 4.79 Å². The van der Waals surface area contributed by atoms with Crippen LogP contribution in [-0.2, 0) is 6.18 Å². The van der Waals surface area contributed by atoms with Crippen molar-refractivity contribution in [2.24, 2.45) is 5.92 Å². The van der Waals surface area contributed by atoms with Gasteiger partial charge in [0.2, 0.25) is 5.95 Å². The van der Waals surface area contributed by atoms with Gasteiger partial charge in [0, 0.05) is 25.5 Å². The molecule has 0 radical (unpaired) electrons. The van der Waals surface area contributed by atoms with Crippen molar-refractivity contribution in [1.82, 2.24) is 29.9 Å². The summed E-state index contributed by atoms with van der Waals surface area (Å²) in [5, 5.41) is 11.3. The Balaban J connectivity index is 1.57. The Morgan fingerprint density at radius 3 is 2.56 bits per heavy atom. The third-order valence-electron chi connectivity index (χ3n) is 5.89. The number of ether oxygens (including phenoxy) is 1. The molecule has 12 heteroatoms. The van der Waals surface area contributed by atoms with Gasteiger partial charge in [-0.05, 0) is 37.0 Å². The number of hydrogen-bond donors (Lipinski definition) is 1. The molecule has 0 saturated carbocycles. The Bertz CT molecular complexity index is 1120. The Labute approximate surface area is 194 Å². The third-order valence-corrected chi connectivity index (χ3v) is 5.89. The van der Waals surface area contributed by atoms with Crippen LogP contribution in [0.15, 0.2) is 43.0 Å². The second kappa shape index (κ2) is 9.65. The molecule has 1 fully saturated rings. The molecule has 180 valence electrons. The molecule has 2 atom stereocenters. The van der Waals surface area contributed by atoms with Gasteiger partial charge in [-0.25, -0.2) is 9.97 Å². The van der Waals surface area contributed by atoms with E-state index in [1.807, 2.05) is 6.92 Å². The van der Waals surface area contributed by atoms with Gasteiger partial charge in [0.15, 0.2) is 0 Å². The number of amides is 1. The average Bonchev–Trinajstić information content (AvgIpc) is 3.37. The molecular weight excluding hydrogens is 451 g/mol. The summed E-state index contributed by atoms with van der Waals surface area (Å²) < 4.78 is 43.6. The maximum Gasteiger partial charge on any atom is 0.419 e. The molecule has 34 heavy (non-hydrogen) atoms. The van der Waals surface area contributed by atoms with E-state index in [0.29, 0.717) is 23.5 Å².